The summed E-state index contributed by atoms with van der Waals surface area (Å²) in [6, 6.07) is 14.4. The van der Waals surface area contributed by atoms with Crippen LogP contribution >= 0.6 is 11.3 Å². The van der Waals surface area contributed by atoms with Gasteiger partial charge in [0.1, 0.15) is 0 Å². The predicted molar refractivity (Wildman–Crippen MR) is 95.3 cm³/mol. The number of hydrogen-bond acceptors (Lipinski definition) is 4. The Hall–Kier alpha value is -2.01. The van der Waals surface area contributed by atoms with Crippen LogP contribution in [0.4, 0.5) is 0 Å². The maximum Gasteiger partial charge on any atom is 0.1000 e. The Kier molecular flexibility index (Phi) is 4.86. The number of aliphatic hydroxyl groups is 1. The standard InChI is InChI=1S/C19H20N2OS/c1-19(22,18-7-10-23-13-18)14-21-12-15-3-2-4-17(11-15)16-5-8-20-9-6-16/h2-11,13,21-22H,12,14H2,1H3. The largest absolute Gasteiger partial charge is 0.384 e. The van der Waals surface area contributed by atoms with Crippen LogP contribution in [-0.4, -0.2) is 16.6 Å². The quantitative estimate of drug-likeness (QED) is 0.725. The number of benzene rings is 1. The van der Waals surface area contributed by atoms with E-state index in [4.69, 9.17) is 0 Å². The zero-order valence-corrected chi connectivity index (χ0v) is 13.9. The van der Waals surface area contributed by atoms with E-state index in [9.17, 15) is 5.11 Å². The van der Waals surface area contributed by atoms with E-state index in [1.807, 2.05) is 35.9 Å². The first-order chi connectivity index (χ1) is 11.1. The minimum Gasteiger partial charge on any atom is -0.384 e. The van der Waals surface area contributed by atoms with E-state index in [-0.39, 0.29) is 0 Å². The Morgan fingerprint density at radius 3 is 2.70 bits per heavy atom. The predicted octanol–water partition coefficient (Wildman–Crippen LogP) is 3.81. The summed E-state index contributed by atoms with van der Waals surface area (Å²) in [6.45, 7) is 3.08. The van der Waals surface area contributed by atoms with Crippen LogP contribution in [0.1, 0.15) is 18.1 Å². The summed E-state index contributed by atoms with van der Waals surface area (Å²) in [6.07, 6.45) is 3.61. The lowest BCUT2D eigenvalue weighted by molar-refractivity contribution is 0.0571. The molecule has 0 aliphatic carbocycles. The smallest absolute Gasteiger partial charge is 0.1000 e. The van der Waals surface area contributed by atoms with E-state index >= 15 is 0 Å². The van der Waals surface area contributed by atoms with Crippen molar-refractivity contribution in [2.45, 2.75) is 19.1 Å². The zero-order chi connectivity index (χ0) is 16.1. The van der Waals surface area contributed by atoms with Crippen LogP contribution in [0, 0.1) is 0 Å². The lowest BCUT2D eigenvalue weighted by Gasteiger charge is -2.23. The van der Waals surface area contributed by atoms with Crippen LogP contribution in [0.15, 0.2) is 65.6 Å². The van der Waals surface area contributed by atoms with Crippen LogP contribution in [0.3, 0.4) is 0 Å². The summed E-state index contributed by atoms with van der Waals surface area (Å²) < 4.78 is 0. The molecule has 2 aromatic heterocycles. The molecule has 0 radical (unpaired) electrons. The summed E-state index contributed by atoms with van der Waals surface area (Å²) in [5.74, 6) is 0. The number of thiophene rings is 1. The fraction of sp³-hybridized carbons (Fsp3) is 0.211. The van der Waals surface area contributed by atoms with Gasteiger partial charge >= 0.3 is 0 Å². The molecule has 1 aromatic carbocycles. The topological polar surface area (TPSA) is 45.1 Å². The second-order valence-electron chi connectivity index (χ2n) is 5.83. The molecule has 0 fully saturated rings. The van der Waals surface area contributed by atoms with E-state index in [0.29, 0.717) is 6.54 Å². The van der Waals surface area contributed by atoms with Crippen LogP contribution < -0.4 is 5.32 Å². The van der Waals surface area contributed by atoms with Crippen molar-refractivity contribution >= 4 is 11.3 Å². The fourth-order valence-corrected chi connectivity index (χ4v) is 3.31. The molecule has 1 atom stereocenters. The fourth-order valence-electron chi connectivity index (χ4n) is 2.53. The van der Waals surface area contributed by atoms with E-state index in [1.165, 1.54) is 11.1 Å². The van der Waals surface area contributed by atoms with Crippen molar-refractivity contribution in [2.75, 3.05) is 6.54 Å². The van der Waals surface area contributed by atoms with Crippen molar-refractivity contribution in [3.05, 3.63) is 76.7 Å². The number of nitrogens with zero attached hydrogens (tertiary/aromatic N) is 1. The van der Waals surface area contributed by atoms with Gasteiger partial charge in [-0.05, 0) is 64.2 Å². The number of hydrogen-bond donors (Lipinski definition) is 2. The molecule has 3 aromatic rings. The number of aromatic nitrogens is 1. The van der Waals surface area contributed by atoms with Gasteiger partial charge < -0.3 is 10.4 Å². The highest BCUT2D eigenvalue weighted by Crippen LogP contribution is 2.23. The average Bonchev–Trinajstić information content (AvgIpc) is 3.11. The number of pyridine rings is 1. The van der Waals surface area contributed by atoms with E-state index in [2.05, 4.69) is 34.6 Å². The molecule has 4 heteroatoms. The molecule has 1 unspecified atom stereocenters. The minimum atomic E-state index is -0.845. The summed E-state index contributed by atoms with van der Waals surface area (Å²) in [5, 5.41) is 17.9. The highest BCUT2D eigenvalue weighted by molar-refractivity contribution is 7.08. The first-order valence-electron chi connectivity index (χ1n) is 7.60. The van der Waals surface area contributed by atoms with Crippen molar-refractivity contribution in [1.82, 2.24) is 10.3 Å². The zero-order valence-electron chi connectivity index (χ0n) is 13.1. The Morgan fingerprint density at radius 1 is 1.13 bits per heavy atom. The first kappa shape index (κ1) is 15.9. The van der Waals surface area contributed by atoms with Gasteiger partial charge in [0.05, 0.1) is 5.60 Å². The van der Waals surface area contributed by atoms with Gasteiger partial charge in [-0.2, -0.15) is 11.3 Å². The normalized spacial score (nSPS) is 13.7. The van der Waals surface area contributed by atoms with Crippen molar-refractivity contribution in [2.24, 2.45) is 0 Å². The summed E-state index contributed by atoms with van der Waals surface area (Å²) in [7, 11) is 0. The van der Waals surface area contributed by atoms with Crippen LogP contribution in [-0.2, 0) is 12.1 Å². The number of nitrogens with one attached hydrogen (secondary N) is 1. The van der Waals surface area contributed by atoms with Gasteiger partial charge in [0.25, 0.3) is 0 Å². The number of rotatable bonds is 6. The molecule has 118 valence electrons. The molecule has 2 N–H and O–H groups in total. The Balaban J connectivity index is 1.63. The molecule has 0 amide bonds. The van der Waals surface area contributed by atoms with Crippen molar-refractivity contribution in [3.8, 4) is 11.1 Å². The van der Waals surface area contributed by atoms with E-state index in [1.54, 1.807) is 23.7 Å². The maximum absolute atomic E-state index is 10.5. The summed E-state index contributed by atoms with van der Waals surface area (Å²) in [4.78, 5) is 4.06. The lowest BCUT2D eigenvalue weighted by atomic mass is 9.99. The third kappa shape index (κ3) is 4.05. The van der Waals surface area contributed by atoms with Gasteiger partial charge in [-0.1, -0.05) is 18.2 Å². The van der Waals surface area contributed by atoms with Crippen molar-refractivity contribution < 1.29 is 5.11 Å². The Labute approximate surface area is 140 Å². The van der Waals surface area contributed by atoms with Crippen molar-refractivity contribution in [3.63, 3.8) is 0 Å². The summed E-state index contributed by atoms with van der Waals surface area (Å²) >= 11 is 1.60. The molecule has 0 aliphatic heterocycles. The molecular formula is C19H20N2OS. The maximum atomic E-state index is 10.5. The molecule has 0 saturated carbocycles. The van der Waals surface area contributed by atoms with E-state index in [0.717, 1.165) is 17.7 Å². The van der Waals surface area contributed by atoms with Crippen LogP contribution in [0.2, 0.25) is 0 Å². The van der Waals surface area contributed by atoms with Gasteiger partial charge in [-0.25, -0.2) is 0 Å². The van der Waals surface area contributed by atoms with Crippen molar-refractivity contribution in [1.29, 1.82) is 0 Å². The highest BCUT2D eigenvalue weighted by atomic mass is 32.1. The highest BCUT2D eigenvalue weighted by Gasteiger charge is 2.22. The third-order valence-electron chi connectivity index (χ3n) is 3.88. The van der Waals surface area contributed by atoms with Gasteiger partial charge in [0.15, 0.2) is 0 Å². The SMILES string of the molecule is CC(O)(CNCc1cccc(-c2ccncc2)c1)c1ccsc1. The molecular weight excluding hydrogens is 304 g/mol. The second kappa shape index (κ2) is 7.04. The monoisotopic (exact) mass is 324 g/mol. The molecule has 3 nitrogen and oxygen atoms in total. The summed E-state index contributed by atoms with van der Waals surface area (Å²) in [5.41, 5.74) is 3.65. The molecule has 23 heavy (non-hydrogen) atoms. The Morgan fingerprint density at radius 2 is 1.96 bits per heavy atom. The molecule has 3 rings (SSSR count). The first-order valence-corrected chi connectivity index (χ1v) is 8.54. The van der Waals surface area contributed by atoms with Crippen LogP contribution in [0.5, 0.6) is 0 Å². The molecule has 0 bridgehead atoms. The van der Waals surface area contributed by atoms with Gasteiger partial charge in [0, 0.05) is 25.5 Å². The average molecular weight is 324 g/mol. The van der Waals surface area contributed by atoms with E-state index < -0.39 is 5.60 Å². The molecule has 0 saturated heterocycles. The van der Waals surface area contributed by atoms with Crippen LogP contribution in [0.25, 0.3) is 11.1 Å². The molecule has 0 spiro atoms. The Bertz CT molecular complexity index is 739. The lowest BCUT2D eigenvalue weighted by Crippen LogP contribution is -2.34. The van der Waals surface area contributed by atoms with Gasteiger partial charge in [-0.3, -0.25) is 4.98 Å². The second-order valence-corrected chi connectivity index (χ2v) is 6.61. The van der Waals surface area contributed by atoms with Gasteiger partial charge in [0.2, 0.25) is 0 Å². The third-order valence-corrected chi connectivity index (χ3v) is 4.57. The van der Waals surface area contributed by atoms with Gasteiger partial charge in [-0.15, -0.1) is 0 Å². The minimum absolute atomic E-state index is 0.517. The molecule has 2 heterocycles. The molecule has 0 aliphatic rings.